The van der Waals surface area contributed by atoms with Crippen LogP contribution in [0.3, 0.4) is 0 Å². The van der Waals surface area contributed by atoms with Crippen molar-refractivity contribution in [2.24, 2.45) is 0 Å². The summed E-state index contributed by atoms with van der Waals surface area (Å²) in [6.07, 6.45) is 1.57. The highest BCUT2D eigenvalue weighted by Crippen LogP contribution is 2.30. The van der Waals surface area contributed by atoms with Crippen LogP contribution in [0.1, 0.15) is 16.1 Å². The highest BCUT2D eigenvalue weighted by molar-refractivity contribution is 7.13. The molecule has 2 aromatic heterocycles. The van der Waals surface area contributed by atoms with Crippen LogP contribution in [0.25, 0.3) is 21.5 Å². The second-order valence-corrected chi connectivity index (χ2v) is 8.21. The van der Waals surface area contributed by atoms with Crippen LogP contribution in [0.15, 0.2) is 88.9 Å². The molecule has 164 valence electrons. The lowest BCUT2D eigenvalue weighted by atomic mass is 10.1. The van der Waals surface area contributed by atoms with Gasteiger partial charge in [-0.2, -0.15) is 0 Å². The number of amides is 1. The first kappa shape index (κ1) is 20.8. The van der Waals surface area contributed by atoms with Crippen LogP contribution < -0.4 is 14.8 Å². The third kappa shape index (κ3) is 4.44. The number of carbonyl (C=O) groups is 1. The Morgan fingerprint density at radius 3 is 2.58 bits per heavy atom. The second kappa shape index (κ2) is 9.18. The summed E-state index contributed by atoms with van der Waals surface area (Å²) < 4.78 is 17.0. The maximum Gasteiger partial charge on any atom is 0.259 e. The maximum absolute atomic E-state index is 13.2. The van der Waals surface area contributed by atoms with Crippen molar-refractivity contribution in [3.63, 3.8) is 0 Å². The Morgan fingerprint density at radius 1 is 1.00 bits per heavy atom. The molecule has 6 nitrogen and oxygen atoms in total. The molecular weight excluding hydrogens is 436 g/mol. The number of benzene rings is 3. The molecule has 3 aromatic carbocycles. The minimum absolute atomic E-state index is 0.169. The smallest absolute Gasteiger partial charge is 0.259 e. The number of carbonyl (C=O) groups excluding carboxylic acids is 1. The molecule has 0 aliphatic heterocycles. The Morgan fingerprint density at radius 2 is 1.79 bits per heavy atom. The predicted octanol–water partition coefficient (Wildman–Crippen LogP) is 6.40. The van der Waals surface area contributed by atoms with Crippen LogP contribution in [-0.4, -0.2) is 18.0 Å². The van der Waals surface area contributed by atoms with Crippen molar-refractivity contribution in [3.05, 3.63) is 95.7 Å². The molecule has 0 fully saturated rings. The van der Waals surface area contributed by atoms with Crippen LogP contribution in [0.2, 0.25) is 0 Å². The van der Waals surface area contributed by atoms with Crippen molar-refractivity contribution in [3.8, 4) is 22.3 Å². The van der Waals surface area contributed by atoms with Gasteiger partial charge >= 0.3 is 0 Å². The molecule has 1 amide bonds. The van der Waals surface area contributed by atoms with E-state index < -0.39 is 0 Å². The third-order valence-electron chi connectivity index (χ3n) is 5.11. The molecule has 1 N–H and O–H groups in total. The van der Waals surface area contributed by atoms with Crippen LogP contribution in [0, 0.1) is 0 Å². The van der Waals surface area contributed by atoms with Crippen molar-refractivity contribution >= 4 is 33.7 Å². The number of nitrogens with zero attached hydrogens (tertiary/aromatic N) is 1. The van der Waals surface area contributed by atoms with Gasteiger partial charge in [-0.15, -0.1) is 11.3 Å². The summed E-state index contributed by atoms with van der Waals surface area (Å²) in [5.74, 6) is 1.30. The van der Waals surface area contributed by atoms with Gasteiger partial charge in [0.15, 0.2) is 0 Å². The second-order valence-electron chi connectivity index (χ2n) is 7.26. The van der Waals surface area contributed by atoms with Gasteiger partial charge in [-0.05, 0) is 46.5 Å². The van der Waals surface area contributed by atoms with Crippen molar-refractivity contribution in [1.82, 2.24) is 4.98 Å². The van der Waals surface area contributed by atoms with Crippen LogP contribution in [0.4, 0.5) is 5.69 Å². The van der Waals surface area contributed by atoms with Crippen molar-refractivity contribution in [2.45, 2.75) is 6.61 Å². The molecule has 2 heterocycles. The molecule has 0 saturated heterocycles. The van der Waals surface area contributed by atoms with E-state index in [-0.39, 0.29) is 12.5 Å². The number of methoxy groups -OCH3 is 1. The highest BCUT2D eigenvalue weighted by Gasteiger charge is 2.17. The molecule has 5 aromatic rings. The number of aromatic nitrogens is 1. The number of oxazole rings is 1. The van der Waals surface area contributed by atoms with Gasteiger partial charge in [0, 0.05) is 0 Å². The Hall–Kier alpha value is -4.10. The van der Waals surface area contributed by atoms with E-state index in [1.807, 2.05) is 66.0 Å². The van der Waals surface area contributed by atoms with E-state index >= 15 is 0 Å². The van der Waals surface area contributed by atoms with Crippen molar-refractivity contribution in [1.29, 1.82) is 0 Å². The summed E-state index contributed by atoms with van der Waals surface area (Å²) in [6.45, 7) is 0.169. The topological polar surface area (TPSA) is 73.6 Å². The summed E-state index contributed by atoms with van der Waals surface area (Å²) in [4.78, 5) is 18.7. The molecular formula is C26H20N2O4S. The quantitative estimate of drug-likeness (QED) is 0.307. The van der Waals surface area contributed by atoms with Crippen molar-refractivity contribution < 1.29 is 18.7 Å². The molecule has 0 aliphatic rings. The summed E-state index contributed by atoms with van der Waals surface area (Å²) in [7, 11) is 1.57. The number of ether oxygens (including phenoxy) is 2. The van der Waals surface area contributed by atoms with E-state index in [4.69, 9.17) is 13.9 Å². The first-order valence-corrected chi connectivity index (χ1v) is 11.2. The zero-order valence-electron chi connectivity index (χ0n) is 17.8. The van der Waals surface area contributed by atoms with Gasteiger partial charge in [0.1, 0.15) is 30.1 Å². The fourth-order valence-corrected chi connectivity index (χ4v) is 4.15. The minimum atomic E-state index is -0.292. The number of hydrogen-bond donors (Lipinski definition) is 1. The van der Waals surface area contributed by atoms with Gasteiger partial charge in [-0.25, -0.2) is 4.98 Å². The summed E-state index contributed by atoms with van der Waals surface area (Å²) >= 11 is 1.56. The number of fused-ring (bicyclic) bond motifs is 1. The van der Waals surface area contributed by atoms with E-state index in [1.54, 1.807) is 36.8 Å². The first-order chi connectivity index (χ1) is 16.2. The van der Waals surface area contributed by atoms with E-state index in [9.17, 15) is 4.79 Å². The SMILES string of the molecule is COc1ccccc1NC(=O)c1cc2ccccc2cc1OCc1coc(-c2cccs2)n1. The predicted molar refractivity (Wildman–Crippen MR) is 129 cm³/mol. The minimum Gasteiger partial charge on any atom is -0.495 e. The standard InChI is InChI=1S/C26H20N2O4S/c1-30-22-10-5-4-9-21(22)28-25(29)20-13-17-7-2-3-8-18(17)14-23(20)31-15-19-16-32-26(27-19)24-11-6-12-33-24/h2-14,16H,15H2,1H3,(H,28,29). The van der Waals surface area contributed by atoms with Crippen LogP contribution in [0.5, 0.6) is 11.5 Å². The number of anilines is 1. The van der Waals surface area contributed by atoms with Gasteiger partial charge in [0.2, 0.25) is 5.89 Å². The van der Waals surface area contributed by atoms with E-state index in [0.717, 1.165) is 15.6 Å². The lowest BCUT2D eigenvalue weighted by Gasteiger charge is -2.14. The largest absolute Gasteiger partial charge is 0.495 e. The number of para-hydroxylation sites is 2. The zero-order chi connectivity index (χ0) is 22.6. The number of thiophene rings is 1. The fourth-order valence-electron chi connectivity index (χ4n) is 3.49. The molecule has 0 radical (unpaired) electrons. The molecule has 0 unspecified atom stereocenters. The third-order valence-corrected chi connectivity index (χ3v) is 5.96. The Labute approximate surface area is 194 Å². The molecule has 33 heavy (non-hydrogen) atoms. The average Bonchev–Trinajstić information content (AvgIpc) is 3.54. The first-order valence-electron chi connectivity index (χ1n) is 10.3. The normalized spacial score (nSPS) is 10.8. The van der Waals surface area contributed by atoms with Gasteiger partial charge < -0.3 is 19.2 Å². The monoisotopic (exact) mass is 456 g/mol. The van der Waals surface area contributed by atoms with E-state index in [1.165, 1.54) is 0 Å². The lowest BCUT2D eigenvalue weighted by Crippen LogP contribution is -2.14. The molecule has 0 bridgehead atoms. The molecule has 7 heteroatoms. The molecule has 0 spiro atoms. The number of rotatable bonds is 7. The van der Waals surface area contributed by atoms with E-state index in [2.05, 4.69) is 10.3 Å². The molecule has 5 rings (SSSR count). The fraction of sp³-hybridized carbons (Fsp3) is 0.0769. The lowest BCUT2D eigenvalue weighted by molar-refractivity contribution is 0.102. The Balaban J connectivity index is 1.43. The number of hydrogen-bond acceptors (Lipinski definition) is 6. The average molecular weight is 457 g/mol. The summed E-state index contributed by atoms with van der Waals surface area (Å²) in [5, 5.41) is 6.81. The zero-order valence-corrected chi connectivity index (χ0v) is 18.6. The number of nitrogens with one attached hydrogen (secondary N) is 1. The van der Waals surface area contributed by atoms with Crippen LogP contribution >= 0.6 is 11.3 Å². The summed E-state index contributed by atoms with van der Waals surface area (Å²) in [6, 6.07) is 22.7. The highest BCUT2D eigenvalue weighted by atomic mass is 32.1. The van der Waals surface area contributed by atoms with Gasteiger partial charge in [0.25, 0.3) is 5.91 Å². The van der Waals surface area contributed by atoms with Gasteiger partial charge in [0.05, 0.1) is 23.2 Å². The molecule has 0 aliphatic carbocycles. The van der Waals surface area contributed by atoms with Gasteiger partial charge in [-0.3, -0.25) is 4.79 Å². The Kier molecular flexibility index (Phi) is 5.78. The van der Waals surface area contributed by atoms with E-state index in [0.29, 0.717) is 34.3 Å². The summed E-state index contributed by atoms with van der Waals surface area (Å²) in [5.41, 5.74) is 1.64. The maximum atomic E-state index is 13.2. The Bertz CT molecular complexity index is 1410. The van der Waals surface area contributed by atoms with Crippen molar-refractivity contribution in [2.75, 3.05) is 12.4 Å². The molecule has 0 atom stereocenters. The van der Waals surface area contributed by atoms with Crippen LogP contribution in [-0.2, 0) is 6.61 Å². The van der Waals surface area contributed by atoms with Gasteiger partial charge in [-0.1, -0.05) is 42.5 Å². The molecule has 0 saturated carbocycles.